The number of alkyl halides is 1. The maximum Gasteiger partial charge on any atom is 0.127 e. The third-order valence-corrected chi connectivity index (χ3v) is 4.12. The fourth-order valence-corrected chi connectivity index (χ4v) is 2.83. The Morgan fingerprint density at radius 1 is 1.00 bits per heavy atom. The fourth-order valence-electron chi connectivity index (χ4n) is 2.15. The molecule has 0 N–H and O–H groups in total. The Morgan fingerprint density at radius 3 is 2.21 bits per heavy atom. The SMILES string of the molecule is CC(C)Cc1ccc(C(Br)c2ccccc2F)cc1. The monoisotopic (exact) mass is 320 g/mol. The largest absolute Gasteiger partial charge is 0.207 e. The summed E-state index contributed by atoms with van der Waals surface area (Å²) >= 11 is 3.58. The maximum atomic E-state index is 13.7. The molecule has 100 valence electrons. The summed E-state index contributed by atoms with van der Waals surface area (Å²) in [6, 6.07) is 15.3. The Labute approximate surface area is 122 Å². The van der Waals surface area contributed by atoms with Gasteiger partial charge >= 0.3 is 0 Å². The molecule has 0 bridgehead atoms. The molecule has 2 aromatic carbocycles. The van der Waals surface area contributed by atoms with Gasteiger partial charge in [-0.2, -0.15) is 0 Å². The molecule has 0 nitrogen and oxygen atoms in total. The van der Waals surface area contributed by atoms with E-state index in [1.807, 2.05) is 12.1 Å². The van der Waals surface area contributed by atoms with E-state index in [9.17, 15) is 4.39 Å². The Kier molecular flexibility index (Phi) is 4.76. The molecule has 19 heavy (non-hydrogen) atoms. The number of hydrogen-bond donors (Lipinski definition) is 0. The first-order chi connectivity index (χ1) is 9.08. The molecular weight excluding hydrogens is 303 g/mol. The Bertz CT molecular complexity index is 531. The van der Waals surface area contributed by atoms with Crippen molar-refractivity contribution in [3.63, 3.8) is 0 Å². The molecule has 1 atom stereocenters. The van der Waals surface area contributed by atoms with Crippen molar-refractivity contribution in [3.05, 3.63) is 71.0 Å². The van der Waals surface area contributed by atoms with E-state index in [1.165, 1.54) is 11.6 Å². The quantitative estimate of drug-likeness (QED) is 0.652. The van der Waals surface area contributed by atoms with Gasteiger partial charge in [0.25, 0.3) is 0 Å². The van der Waals surface area contributed by atoms with Crippen LogP contribution < -0.4 is 0 Å². The van der Waals surface area contributed by atoms with Gasteiger partial charge in [0.05, 0.1) is 4.83 Å². The van der Waals surface area contributed by atoms with Gasteiger partial charge in [0.1, 0.15) is 5.82 Å². The van der Waals surface area contributed by atoms with E-state index in [1.54, 1.807) is 6.07 Å². The average molecular weight is 321 g/mol. The molecule has 0 saturated heterocycles. The molecule has 0 amide bonds. The first-order valence-corrected chi connectivity index (χ1v) is 7.47. The summed E-state index contributed by atoms with van der Waals surface area (Å²) < 4.78 is 13.7. The molecule has 0 aliphatic rings. The van der Waals surface area contributed by atoms with Crippen LogP contribution in [-0.2, 0) is 6.42 Å². The van der Waals surface area contributed by atoms with Crippen molar-refractivity contribution in [2.75, 3.05) is 0 Å². The van der Waals surface area contributed by atoms with Gasteiger partial charge in [0.2, 0.25) is 0 Å². The van der Waals surface area contributed by atoms with Crippen LogP contribution in [0.3, 0.4) is 0 Å². The molecule has 1 unspecified atom stereocenters. The van der Waals surface area contributed by atoms with Gasteiger partial charge in [-0.05, 0) is 29.5 Å². The van der Waals surface area contributed by atoms with E-state index in [-0.39, 0.29) is 10.6 Å². The lowest BCUT2D eigenvalue weighted by molar-refractivity contribution is 0.613. The predicted molar refractivity (Wildman–Crippen MR) is 82.2 cm³/mol. The summed E-state index contributed by atoms with van der Waals surface area (Å²) in [5.74, 6) is 0.479. The highest BCUT2D eigenvalue weighted by molar-refractivity contribution is 9.09. The highest BCUT2D eigenvalue weighted by Gasteiger charge is 2.14. The number of hydrogen-bond acceptors (Lipinski definition) is 0. The molecule has 0 heterocycles. The predicted octanol–water partition coefficient (Wildman–Crippen LogP) is 5.51. The lowest BCUT2D eigenvalue weighted by Gasteiger charge is -2.13. The maximum absolute atomic E-state index is 13.7. The highest BCUT2D eigenvalue weighted by atomic mass is 79.9. The Morgan fingerprint density at radius 2 is 1.63 bits per heavy atom. The van der Waals surface area contributed by atoms with E-state index < -0.39 is 0 Å². The summed E-state index contributed by atoms with van der Waals surface area (Å²) in [6.45, 7) is 4.42. The smallest absolute Gasteiger partial charge is 0.127 e. The molecule has 2 heteroatoms. The van der Waals surface area contributed by atoms with Crippen LogP contribution in [0, 0.1) is 11.7 Å². The van der Waals surface area contributed by atoms with Crippen molar-refractivity contribution in [1.29, 1.82) is 0 Å². The molecule has 2 aromatic rings. The summed E-state index contributed by atoms with van der Waals surface area (Å²) in [5.41, 5.74) is 3.09. The fraction of sp³-hybridized carbons (Fsp3) is 0.294. The highest BCUT2D eigenvalue weighted by Crippen LogP contribution is 2.32. The average Bonchev–Trinajstić information content (AvgIpc) is 2.39. The molecule has 2 rings (SSSR count). The molecule has 0 aliphatic carbocycles. The van der Waals surface area contributed by atoms with E-state index >= 15 is 0 Å². The van der Waals surface area contributed by atoms with Crippen LogP contribution in [0.4, 0.5) is 4.39 Å². The van der Waals surface area contributed by atoms with Crippen molar-refractivity contribution < 1.29 is 4.39 Å². The molecule has 0 aromatic heterocycles. The zero-order valence-electron chi connectivity index (χ0n) is 11.2. The number of rotatable bonds is 4. The molecule has 0 radical (unpaired) electrons. The van der Waals surface area contributed by atoms with Gasteiger partial charge < -0.3 is 0 Å². The van der Waals surface area contributed by atoms with Gasteiger partial charge in [-0.3, -0.25) is 0 Å². The van der Waals surface area contributed by atoms with Crippen molar-refractivity contribution in [2.45, 2.75) is 25.1 Å². The van der Waals surface area contributed by atoms with Gasteiger partial charge in [-0.25, -0.2) is 4.39 Å². The molecule has 0 aliphatic heterocycles. The van der Waals surface area contributed by atoms with Crippen LogP contribution in [-0.4, -0.2) is 0 Å². The van der Waals surface area contributed by atoms with Crippen LogP contribution >= 0.6 is 15.9 Å². The molecule has 0 spiro atoms. The van der Waals surface area contributed by atoms with Crippen LogP contribution in [0.15, 0.2) is 48.5 Å². The summed E-state index contributed by atoms with van der Waals surface area (Å²) in [4.78, 5) is -0.0956. The minimum Gasteiger partial charge on any atom is -0.207 e. The topological polar surface area (TPSA) is 0 Å². The lowest BCUT2D eigenvalue weighted by atomic mass is 9.99. The van der Waals surface area contributed by atoms with Crippen molar-refractivity contribution in [2.24, 2.45) is 5.92 Å². The first-order valence-electron chi connectivity index (χ1n) is 6.55. The lowest BCUT2D eigenvalue weighted by Crippen LogP contribution is -1.98. The molecule has 0 saturated carbocycles. The minimum atomic E-state index is -0.171. The van der Waals surface area contributed by atoms with Gasteiger partial charge in [-0.15, -0.1) is 0 Å². The van der Waals surface area contributed by atoms with E-state index in [0.717, 1.165) is 12.0 Å². The van der Waals surface area contributed by atoms with Crippen molar-refractivity contribution >= 4 is 15.9 Å². The van der Waals surface area contributed by atoms with Gasteiger partial charge in [0.15, 0.2) is 0 Å². The van der Waals surface area contributed by atoms with Gasteiger partial charge in [0, 0.05) is 5.56 Å². The Balaban J connectivity index is 2.20. The van der Waals surface area contributed by atoms with Crippen molar-refractivity contribution in [1.82, 2.24) is 0 Å². The second kappa shape index (κ2) is 6.33. The van der Waals surface area contributed by atoms with Crippen LogP contribution in [0.2, 0.25) is 0 Å². The zero-order valence-corrected chi connectivity index (χ0v) is 12.8. The van der Waals surface area contributed by atoms with E-state index in [0.29, 0.717) is 11.5 Å². The normalized spacial score (nSPS) is 12.7. The summed E-state index contributed by atoms with van der Waals surface area (Å²) in [6.07, 6.45) is 1.08. The number of halogens is 2. The van der Waals surface area contributed by atoms with Crippen LogP contribution in [0.25, 0.3) is 0 Å². The third kappa shape index (κ3) is 3.66. The van der Waals surface area contributed by atoms with Crippen molar-refractivity contribution in [3.8, 4) is 0 Å². The standard InChI is InChI=1S/C17H18BrF/c1-12(2)11-13-7-9-14(10-8-13)17(18)15-5-3-4-6-16(15)19/h3-10,12,17H,11H2,1-2H3. The summed E-state index contributed by atoms with van der Waals surface area (Å²) in [5, 5.41) is 0. The second-order valence-corrected chi connectivity index (χ2v) is 6.14. The first kappa shape index (κ1) is 14.3. The Hall–Kier alpha value is -1.15. The number of benzene rings is 2. The minimum absolute atomic E-state index is 0.0956. The van der Waals surface area contributed by atoms with Crippen LogP contribution in [0.5, 0.6) is 0 Å². The van der Waals surface area contributed by atoms with E-state index in [4.69, 9.17) is 0 Å². The molecule has 0 fully saturated rings. The zero-order chi connectivity index (χ0) is 13.8. The molecular formula is C17H18BrF. The van der Waals surface area contributed by atoms with Crippen LogP contribution in [0.1, 0.15) is 35.4 Å². The van der Waals surface area contributed by atoms with Gasteiger partial charge in [-0.1, -0.05) is 72.2 Å². The van der Waals surface area contributed by atoms with E-state index in [2.05, 4.69) is 54.0 Å². The third-order valence-electron chi connectivity index (χ3n) is 3.09. The second-order valence-electron chi connectivity index (χ2n) is 5.22. The summed E-state index contributed by atoms with van der Waals surface area (Å²) in [7, 11) is 0.